The highest BCUT2D eigenvalue weighted by atomic mass is 16.2. The third-order valence-electron chi connectivity index (χ3n) is 4.31. The van der Waals surface area contributed by atoms with Crippen LogP contribution in [-0.4, -0.2) is 41.5 Å². The van der Waals surface area contributed by atoms with Gasteiger partial charge in [0.25, 0.3) is 5.91 Å². The summed E-state index contributed by atoms with van der Waals surface area (Å²) in [4.78, 5) is 18.5. The summed E-state index contributed by atoms with van der Waals surface area (Å²) < 4.78 is 0. The Bertz CT molecular complexity index is 533. The van der Waals surface area contributed by atoms with Crippen LogP contribution in [0.1, 0.15) is 23.0 Å². The van der Waals surface area contributed by atoms with E-state index in [1.165, 1.54) is 6.20 Å². The number of carbonyl (C=O) groups excluding carboxylic acids is 1. The van der Waals surface area contributed by atoms with Gasteiger partial charge < -0.3 is 10.2 Å². The van der Waals surface area contributed by atoms with Gasteiger partial charge >= 0.3 is 0 Å². The van der Waals surface area contributed by atoms with Gasteiger partial charge in [0.15, 0.2) is 0 Å². The summed E-state index contributed by atoms with van der Waals surface area (Å²) in [6, 6.07) is 5.54. The van der Waals surface area contributed by atoms with Crippen LogP contribution in [0.25, 0.3) is 0 Å². The number of nitrogens with zero attached hydrogens (tertiary/aromatic N) is 3. The van der Waals surface area contributed by atoms with Crippen LogP contribution in [0.2, 0.25) is 0 Å². The van der Waals surface area contributed by atoms with Crippen LogP contribution >= 0.6 is 0 Å². The van der Waals surface area contributed by atoms with Crippen molar-refractivity contribution in [3.63, 3.8) is 0 Å². The van der Waals surface area contributed by atoms with E-state index in [9.17, 15) is 4.79 Å². The van der Waals surface area contributed by atoms with E-state index < -0.39 is 0 Å². The highest BCUT2D eigenvalue weighted by molar-refractivity contribution is 5.92. The van der Waals surface area contributed by atoms with E-state index in [-0.39, 0.29) is 11.9 Å². The Morgan fingerprint density at radius 3 is 3.00 bits per heavy atom. The van der Waals surface area contributed by atoms with Crippen molar-refractivity contribution in [2.24, 2.45) is 11.8 Å². The van der Waals surface area contributed by atoms with Gasteiger partial charge in [-0.1, -0.05) is 0 Å². The third kappa shape index (κ3) is 1.98. The molecule has 2 aliphatic heterocycles. The number of fused-ring (bicyclic) bond motifs is 1. The Hall–Kier alpha value is -1.93. The molecular weight excluding hydrogens is 240 g/mol. The predicted molar refractivity (Wildman–Crippen MR) is 69.3 cm³/mol. The summed E-state index contributed by atoms with van der Waals surface area (Å²) in [6.07, 6.45) is 1.45. The fourth-order valence-electron chi connectivity index (χ4n) is 3.17. The van der Waals surface area contributed by atoms with Crippen LogP contribution in [-0.2, 0) is 0 Å². The van der Waals surface area contributed by atoms with Crippen LogP contribution in [0, 0.1) is 23.2 Å². The lowest BCUT2D eigenvalue weighted by molar-refractivity contribution is 0.0722. The van der Waals surface area contributed by atoms with Gasteiger partial charge in [0.2, 0.25) is 0 Å². The molecule has 2 aliphatic rings. The molecule has 0 radical (unpaired) electrons. The van der Waals surface area contributed by atoms with E-state index in [1.807, 2.05) is 11.0 Å². The molecule has 1 N–H and O–H groups in total. The zero-order chi connectivity index (χ0) is 13.4. The number of carbonyl (C=O) groups is 1. The second-order valence-electron chi connectivity index (χ2n) is 5.32. The maximum atomic E-state index is 12.4. The molecule has 1 amide bonds. The molecule has 3 heterocycles. The van der Waals surface area contributed by atoms with E-state index in [2.05, 4.69) is 17.2 Å². The summed E-state index contributed by atoms with van der Waals surface area (Å²) in [5, 5.41) is 12.1. The van der Waals surface area contributed by atoms with Crippen molar-refractivity contribution in [2.75, 3.05) is 19.6 Å². The zero-order valence-electron chi connectivity index (χ0n) is 10.8. The van der Waals surface area contributed by atoms with Gasteiger partial charge in [0.1, 0.15) is 11.8 Å². The van der Waals surface area contributed by atoms with E-state index in [0.29, 0.717) is 23.1 Å². The highest BCUT2D eigenvalue weighted by Crippen LogP contribution is 2.32. The van der Waals surface area contributed by atoms with Crippen molar-refractivity contribution >= 4 is 5.91 Å². The molecule has 5 heteroatoms. The van der Waals surface area contributed by atoms with Crippen molar-refractivity contribution in [3.05, 3.63) is 29.6 Å². The Labute approximate surface area is 112 Å². The first kappa shape index (κ1) is 12.1. The maximum Gasteiger partial charge on any atom is 0.272 e. The lowest BCUT2D eigenvalue weighted by Gasteiger charge is -2.24. The van der Waals surface area contributed by atoms with Gasteiger partial charge in [-0.15, -0.1) is 0 Å². The summed E-state index contributed by atoms with van der Waals surface area (Å²) in [7, 11) is 0. The van der Waals surface area contributed by atoms with E-state index in [4.69, 9.17) is 5.26 Å². The van der Waals surface area contributed by atoms with Gasteiger partial charge in [0, 0.05) is 31.9 Å². The normalized spacial score (nSPS) is 29.1. The number of likely N-dealkylation sites (tertiary alicyclic amines) is 1. The lowest BCUT2D eigenvalue weighted by atomic mass is 9.95. The van der Waals surface area contributed by atoms with Crippen molar-refractivity contribution < 1.29 is 4.79 Å². The molecule has 0 bridgehead atoms. The number of aromatic nitrogens is 1. The summed E-state index contributed by atoms with van der Waals surface area (Å²) in [6.45, 7) is 4.91. The summed E-state index contributed by atoms with van der Waals surface area (Å²) >= 11 is 0. The van der Waals surface area contributed by atoms with E-state index in [1.54, 1.807) is 12.1 Å². The molecule has 3 atom stereocenters. The summed E-state index contributed by atoms with van der Waals surface area (Å²) in [5.74, 6) is 1.10. The Balaban J connectivity index is 1.79. The highest BCUT2D eigenvalue weighted by Gasteiger charge is 2.43. The SMILES string of the molecule is CC1C2CNCC2CN1C(=O)c1ccc(C#N)cn1. The van der Waals surface area contributed by atoms with Crippen LogP contribution in [0.15, 0.2) is 18.3 Å². The monoisotopic (exact) mass is 256 g/mol. The van der Waals surface area contributed by atoms with Gasteiger partial charge in [0.05, 0.1) is 5.56 Å². The summed E-state index contributed by atoms with van der Waals surface area (Å²) in [5.41, 5.74) is 0.908. The molecule has 19 heavy (non-hydrogen) atoms. The molecule has 2 saturated heterocycles. The van der Waals surface area contributed by atoms with Crippen LogP contribution in [0.4, 0.5) is 0 Å². The average Bonchev–Trinajstić information content (AvgIpc) is 3.02. The van der Waals surface area contributed by atoms with Crippen LogP contribution in [0.5, 0.6) is 0 Å². The largest absolute Gasteiger partial charge is 0.334 e. The quantitative estimate of drug-likeness (QED) is 0.800. The molecule has 0 aromatic carbocycles. The number of hydrogen-bond donors (Lipinski definition) is 1. The molecule has 3 rings (SSSR count). The topological polar surface area (TPSA) is 69.0 Å². The second kappa shape index (κ2) is 4.63. The molecule has 0 saturated carbocycles. The van der Waals surface area contributed by atoms with E-state index in [0.717, 1.165) is 19.6 Å². The van der Waals surface area contributed by atoms with Crippen molar-refractivity contribution in [1.29, 1.82) is 5.26 Å². The second-order valence-corrected chi connectivity index (χ2v) is 5.32. The Morgan fingerprint density at radius 1 is 1.53 bits per heavy atom. The van der Waals surface area contributed by atoms with Gasteiger partial charge in [-0.05, 0) is 30.9 Å². The number of nitriles is 1. The van der Waals surface area contributed by atoms with Crippen molar-refractivity contribution in [2.45, 2.75) is 13.0 Å². The minimum atomic E-state index is -0.0219. The van der Waals surface area contributed by atoms with Crippen LogP contribution < -0.4 is 5.32 Å². The molecule has 1 aromatic rings. The first-order chi connectivity index (χ1) is 9.20. The van der Waals surface area contributed by atoms with Crippen LogP contribution in [0.3, 0.4) is 0 Å². The first-order valence-electron chi connectivity index (χ1n) is 6.58. The fraction of sp³-hybridized carbons (Fsp3) is 0.500. The fourth-order valence-corrected chi connectivity index (χ4v) is 3.17. The average molecular weight is 256 g/mol. The number of nitrogens with one attached hydrogen (secondary N) is 1. The van der Waals surface area contributed by atoms with Crippen molar-refractivity contribution in [3.8, 4) is 6.07 Å². The standard InChI is InChI=1S/C14H16N4O/c1-9-12-7-16-6-11(12)8-18(9)14(19)13-3-2-10(4-15)5-17-13/h2-3,5,9,11-12,16H,6-8H2,1H3. The van der Waals surface area contributed by atoms with Gasteiger partial charge in [-0.3, -0.25) is 4.79 Å². The maximum absolute atomic E-state index is 12.4. The molecule has 0 aliphatic carbocycles. The number of pyridine rings is 1. The molecule has 0 spiro atoms. The van der Waals surface area contributed by atoms with E-state index >= 15 is 0 Å². The Kier molecular flexibility index (Phi) is 2.96. The number of hydrogen-bond acceptors (Lipinski definition) is 4. The van der Waals surface area contributed by atoms with Crippen molar-refractivity contribution in [1.82, 2.24) is 15.2 Å². The smallest absolute Gasteiger partial charge is 0.272 e. The molecular formula is C14H16N4O. The molecule has 98 valence electrons. The first-order valence-corrected chi connectivity index (χ1v) is 6.58. The minimum absolute atomic E-state index is 0.0219. The molecule has 2 fully saturated rings. The molecule has 5 nitrogen and oxygen atoms in total. The minimum Gasteiger partial charge on any atom is -0.334 e. The molecule has 1 aromatic heterocycles. The third-order valence-corrected chi connectivity index (χ3v) is 4.31. The number of rotatable bonds is 1. The zero-order valence-corrected chi connectivity index (χ0v) is 10.8. The predicted octanol–water partition coefficient (Wildman–Crippen LogP) is 0.633. The Morgan fingerprint density at radius 2 is 2.37 bits per heavy atom. The van der Waals surface area contributed by atoms with Gasteiger partial charge in [-0.25, -0.2) is 4.98 Å². The van der Waals surface area contributed by atoms with Gasteiger partial charge in [-0.2, -0.15) is 5.26 Å². The number of amides is 1. The molecule has 3 unspecified atom stereocenters. The lowest BCUT2D eigenvalue weighted by Crippen LogP contribution is -2.38.